The summed E-state index contributed by atoms with van der Waals surface area (Å²) < 4.78 is 1.50. The Bertz CT molecular complexity index is 862. The highest BCUT2D eigenvalue weighted by molar-refractivity contribution is 5.62. The maximum atomic E-state index is 12.3. The third kappa shape index (κ3) is 2.43. The van der Waals surface area contributed by atoms with Crippen LogP contribution in [0.15, 0.2) is 35.1 Å². The SMILES string of the molecule is C#CCn1c(-c2ccc3c(c2)CCCC3)ccc(C#N)c1=O. The van der Waals surface area contributed by atoms with Gasteiger partial charge in [0.05, 0.1) is 12.2 Å². The summed E-state index contributed by atoms with van der Waals surface area (Å²) >= 11 is 0. The third-order valence-corrected chi connectivity index (χ3v) is 4.19. The van der Waals surface area contributed by atoms with Gasteiger partial charge in [-0.2, -0.15) is 5.26 Å². The van der Waals surface area contributed by atoms with Crippen molar-refractivity contribution in [1.29, 1.82) is 5.26 Å². The van der Waals surface area contributed by atoms with Gasteiger partial charge < -0.3 is 0 Å². The van der Waals surface area contributed by atoms with Gasteiger partial charge in [-0.25, -0.2) is 0 Å². The number of nitriles is 1. The molecule has 1 heterocycles. The van der Waals surface area contributed by atoms with Crippen molar-refractivity contribution in [2.24, 2.45) is 0 Å². The van der Waals surface area contributed by atoms with E-state index >= 15 is 0 Å². The van der Waals surface area contributed by atoms with Crippen molar-refractivity contribution in [3.8, 4) is 29.7 Å². The normalized spacial score (nSPS) is 13.0. The molecule has 1 aromatic heterocycles. The van der Waals surface area contributed by atoms with Crippen molar-refractivity contribution >= 4 is 0 Å². The molecule has 108 valence electrons. The molecule has 0 saturated heterocycles. The minimum absolute atomic E-state index is 0.122. The molecule has 1 aromatic carbocycles. The summed E-state index contributed by atoms with van der Waals surface area (Å²) in [6, 6.07) is 11.6. The molecular weight excluding hydrogens is 272 g/mol. The van der Waals surface area contributed by atoms with E-state index in [1.54, 1.807) is 6.07 Å². The summed E-state index contributed by atoms with van der Waals surface area (Å²) in [6.45, 7) is 0.167. The minimum atomic E-state index is -0.323. The molecule has 0 bridgehead atoms. The van der Waals surface area contributed by atoms with E-state index in [1.807, 2.05) is 18.2 Å². The first-order chi connectivity index (χ1) is 10.7. The van der Waals surface area contributed by atoms with Crippen LogP contribution in [0.25, 0.3) is 11.3 Å². The highest BCUT2D eigenvalue weighted by Gasteiger charge is 2.13. The van der Waals surface area contributed by atoms with Gasteiger partial charge in [0.2, 0.25) is 0 Å². The first kappa shape index (κ1) is 14.2. The van der Waals surface area contributed by atoms with E-state index < -0.39 is 0 Å². The van der Waals surface area contributed by atoms with Crippen LogP contribution >= 0.6 is 0 Å². The summed E-state index contributed by atoms with van der Waals surface area (Å²) in [5, 5.41) is 9.02. The van der Waals surface area contributed by atoms with E-state index in [-0.39, 0.29) is 17.7 Å². The van der Waals surface area contributed by atoms with E-state index in [9.17, 15) is 4.79 Å². The van der Waals surface area contributed by atoms with E-state index in [0.717, 1.165) is 24.1 Å². The van der Waals surface area contributed by atoms with Crippen molar-refractivity contribution in [2.75, 3.05) is 0 Å². The fourth-order valence-electron chi connectivity index (χ4n) is 3.06. The Kier molecular flexibility index (Phi) is 3.81. The van der Waals surface area contributed by atoms with E-state index in [1.165, 1.54) is 28.5 Å². The van der Waals surface area contributed by atoms with E-state index in [4.69, 9.17) is 11.7 Å². The Balaban J connectivity index is 2.16. The Labute approximate surface area is 129 Å². The number of hydrogen-bond acceptors (Lipinski definition) is 2. The van der Waals surface area contributed by atoms with E-state index in [2.05, 4.69) is 18.1 Å². The fraction of sp³-hybridized carbons (Fsp3) is 0.263. The quantitative estimate of drug-likeness (QED) is 0.798. The second-order valence-electron chi connectivity index (χ2n) is 5.53. The molecule has 3 nitrogen and oxygen atoms in total. The van der Waals surface area contributed by atoms with Crippen LogP contribution in [0, 0.1) is 23.7 Å². The number of terminal acetylenes is 1. The van der Waals surface area contributed by atoms with Gasteiger partial charge in [0.1, 0.15) is 11.6 Å². The van der Waals surface area contributed by atoms with Crippen molar-refractivity contribution < 1.29 is 0 Å². The average molecular weight is 288 g/mol. The first-order valence-electron chi connectivity index (χ1n) is 7.44. The van der Waals surface area contributed by atoms with Gasteiger partial charge in [0.25, 0.3) is 5.56 Å². The van der Waals surface area contributed by atoms with Crippen molar-refractivity contribution in [2.45, 2.75) is 32.2 Å². The minimum Gasteiger partial charge on any atom is -0.296 e. The lowest BCUT2D eigenvalue weighted by Crippen LogP contribution is -2.23. The monoisotopic (exact) mass is 288 g/mol. The van der Waals surface area contributed by atoms with Gasteiger partial charge >= 0.3 is 0 Å². The first-order valence-corrected chi connectivity index (χ1v) is 7.44. The summed E-state index contributed by atoms with van der Waals surface area (Å²) in [5.41, 5.74) is 4.31. The van der Waals surface area contributed by atoms with Crippen molar-refractivity contribution in [1.82, 2.24) is 4.57 Å². The van der Waals surface area contributed by atoms with Crippen molar-refractivity contribution in [3.63, 3.8) is 0 Å². The maximum absolute atomic E-state index is 12.3. The number of aryl methyl sites for hydroxylation is 2. The topological polar surface area (TPSA) is 45.8 Å². The molecule has 22 heavy (non-hydrogen) atoms. The lowest BCUT2D eigenvalue weighted by Gasteiger charge is -2.18. The van der Waals surface area contributed by atoms with Crippen LogP contribution in [-0.2, 0) is 19.4 Å². The van der Waals surface area contributed by atoms with Crippen LogP contribution in [-0.4, -0.2) is 4.57 Å². The van der Waals surface area contributed by atoms with Gasteiger partial charge in [-0.1, -0.05) is 18.1 Å². The molecule has 0 spiro atoms. The van der Waals surface area contributed by atoms with Gasteiger partial charge in [-0.05, 0) is 60.6 Å². The molecule has 1 aliphatic rings. The number of benzene rings is 1. The molecule has 2 aromatic rings. The zero-order valence-electron chi connectivity index (χ0n) is 12.3. The lowest BCUT2D eigenvalue weighted by atomic mass is 9.90. The Morgan fingerprint density at radius 3 is 2.64 bits per heavy atom. The molecule has 0 aliphatic heterocycles. The van der Waals surface area contributed by atoms with Crippen LogP contribution in [0.1, 0.15) is 29.5 Å². The maximum Gasteiger partial charge on any atom is 0.269 e. The molecule has 0 saturated carbocycles. The van der Waals surface area contributed by atoms with Crippen LogP contribution < -0.4 is 5.56 Å². The zero-order chi connectivity index (χ0) is 15.5. The van der Waals surface area contributed by atoms with E-state index in [0.29, 0.717) is 0 Å². The van der Waals surface area contributed by atoms with Gasteiger partial charge in [-0.3, -0.25) is 9.36 Å². The summed E-state index contributed by atoms with van der Waals surface area (Å²) in [4.78, 5) is 12.3. The summed E-state index contributed by atoms with van der Waals surface area (Å²) in [7, 11) is 0. The number of pyridine rings is 1. The molecule has 0 fully saturated rings. The fourth-order valence-corrected chi connectivity index (χ4v) is 3.06. The number of nitrogens with zero attached hydrogens (tertiary/aromatic N) is 2. The van der Waals surface area contributed by atoms with Crippen molar-refractivity contribution in [3.05, 3.63) is 57.4 Å². The Morgan fingerprint density at radius 2 is 1.91 bits per heavy atom. The predicted octanol–water partition coefficient (Wildman–Crippen LogP) is 2.90. The molecule has 1 aliphatic carbocycles. The molecule has 0 unspecified atom stereocenters. The van der Waals surface area contributed by atoms with Crippen LogP contribution in [0.3, 0.4) is 0 Å². The third-order valence-electron chi connectivity index (χ3n) is 4.19. The number of rotatable bonds is 2. The molecule has 0 amide bonds. The van der Waals surface area contributed by atoms with Gasteiger partial charge in [0.15, 0.2) is 0 Å². The summed E-state index contributed by atoms with van der Waals surface area (Å²) in [6.07, 6.45) is 10.0. The van der Waals surface area contributed by atoms with Gasteiger partial charge in [0, 0.05) is 0 Å². The van der Waals surface area contributed by atoms with Crippen LogP contribution in [0.2, 0.25) is 0 Å². The molecule has 3 heteroatoms. The molecule has 3 rings (SSSR count). The number of aromatic nitrogens is 1. The predicted molar refractivity (Wildman–Crippen MR) is 86.3 cm³/mol. The number of hydrogen-bond donors (Lipinski definition) is 0. The smallest absolute Gasteiger partial charge is 0.269 e. The molecule has 0 N–H and O–H groups in total. The molecular formula is C19H16N2O. The standard InChI is InChI=1S/C19H16N2O/c1-2-11-21-18(10-9-17(13-20)19(21)22)16-8-7-14-5-3-4-6-15(14)12-16/h1,7-10,12H,3-6,11H2. The largest absolute Gasteiger partial charge is 0.296 e. The summed E-state index contributed by atoms with van der Waals surface area (Å²) in [5.74, 6) is 2.50. The molecule has 0 radical (unpaired) electrons. The highest BCUT2D eigenvalue weighted by atomic mass is 16.1. The number of fused-ring (bicyclic) bond motifs is 1. The Morgan fingerprint density at radius 1 is 1.14 bits per heavy atom. The Hall–Kier alpha value is -2.78. The second-order valence-corrected chi connectivity index (χ2v) is 5.53. The average Bonchev–Trinajstić information content (AvgIpc) is 2.56. The van der Waals surface area contributed by atoms with Crippen LogP contribution in [0.4, 0.5) is 0 Å². The zero-order valence-corrected chi connectivity index (χ0v) is 12.3. The second kappa shape index (κ2) is 5.92. The molecule has 0 atom stereocenters. The van der Waals surface area contributed by atoms with Crippen LogP contribution in [0.5, 0.6) is 0 Å². The lowest BCUT2D eigenvalue weighted by molar-refractivity contribution is 0.685. The highest BCUT2D eigenvalue weighted by Crippen LogP contribution is 2.27. The van der Waals surface area contributed by atoms with Gasteiger partial charge in [-0.15, -0.1) is 6.42 Å².